The van der Waals surface area contributed by atoms with Crippen LogP contribution >= 0.6 is 0 Å². The summed E-state index contributed by atoms with van der Waals surface area (Å²) in [5.41, 5.74) is 3.26. The van der Waals surface area contributed by atoms with Gasteiger partial charge in [0.1, 0.15) is 5.82 Å². The van der Waals surface area contributed by atoms with Gasteiger partial charge in [-0.3, -0.25) is 14.5 Å². The number of rotatable bonds is 4. The molecule has 0 bridgehead atoms. The third-order valence-corrected chi connectivity index (χ3v) is 8.27. The zero-order chi connectivity index (χ0) is 23.9. The topological polar surface area (TPSA) is 53.1 Å². The summed E-state index contributed by atoms with van der Waals surface area (Å²) < 4.78 is 20.4. The van der Waals surface area contributed by atoms with Gasteiger partial charge in [-0.2, -0.15) is 0 Å². The van der Waals surface area contributed by atoms with Crippen molar-refractivity contribution in [3.8, 4) is 11.1 Å². The molecule has 2 saturated heterocycles. The molecule has 35 heavy (non-hydrogen) atoms. The molecule has 2 aromatic carbocycles. The summed E-state index contributed by atoms with van der Waals surface area (Å²) in [4.78, 5) is 32.4. The van der Waals surface area contributed by atoms with Crippen LogP contribution in [-0.2, 0) is 11.2 Å². The standard InChI is InChI=1S/C28H32FN3O3/c29-26-17-21(27(33)30-12-14-35-15-13-30)5-6-24(26)19-4-7-25-20(16-19)8-11-32(28(25)34)23-9-10-31(18-23)22-2-1-3-22/h4-7,16-17,22-23H,1-3,8-15,18H2/t23-/m1/s1. The van der Waals surface area contributed by atoms with E-state index < -0.39 is 5.82 Å². The Labute approximate surface area is 205 Å². The number of amides is 2. The summed E-state index contributed by atoms with van der Waals surface area (Å²) in [5, 5.41) is 0. The maximum Gasteiger partial charge on any atom is 0.254 e. The first-order chi connectivity index (χ1) is 17.1. The molecule has 0 radical (unpaired) electrons. The average molecular weight is 478 g/mol. The summed E-state index contributed by atoms with van der Waals surface area (Å²) in [6.07, 6.45) is 5.76. The Balaban J connectivity index is 1.17. The van der Waals surface area contributed by atoms with E-state index in [0.29, 0.717) is 50.0 Å². The van der Waals surface area contributed by atoms with Gasteiger partial charge in [-0.05, 0) is 55.0 Å². The predicted octanol–water partition coefficient (Wildman–Crippen LogP) is 3.59. The summed E-state index contributed by atoms with van der Waals surface area (Å²) in [7, 11) is 0. The van der Waals surface area contributed by atoms with Crippen molar-refractivity contribution >= 4 is 11.8 Å². The van der Waals surface area contributed by atoms with Crippen LogP contribution in [0.25, 0.3) is 11.1 Å². The monoisotopic (exact) mass is 477 g/mol. The van der Waals surface area contributed by atoms with Crippen molar-refractivity contribution in [3.63, 3.8) is 0 Å². The van der Waals surface area contributed by atoms with E-state index in [1.54, 1.807) is 17.0 Å². The fourth-order valence-corrected chi connectivity index (χ4v) is 5.96. The Kier molecular flexibility index (Phi) is 6.06. The summed E-state index contributed by atoms with van der Waals surface area (Å²) in [6.45, 7) is 4.87. The van der Waals surface area contributed by atoms with Gasteiger partial charge >= 0.3 is 0 Å². The van der Waals surface area contributed by atoms with Crippen molar-refractivity contribution in [2.45, 2.75) is 44.2 Å². The molecule has 6 rings (SSSR count). The second-order valence-corrected chi connectivity index (χ2v) is 10.2. The quantitative estimate of drug-likeness (QED) is 0.676. The van der Waals surface area contributed by atoms with Crippen molar-refractivity contribution in [1.29, 1.82) is 0 Å². The smallest absolute Gasteiger partial charge is 0.254 e. The van der Waals surface area contributed by atoms with Crippen LogP contribution in [-0.4, -0.2) is 84.5 Å². The largest absolute Gasteiger partial charge is 0.378 e. The van der Waals surface area contributed by atoms with Gasteiger partial charge in [0, 0.05) is 61.5 Å². The lowest BCUT2D eigenvalue weighted by atomic mass is 9.91. The van der Waals surface area contributed by atoms with Gasteiger partial charge < -0.3 is 14.5 Å². The lowest BCUT2D eigenvalue weighted by molar-refractivity contribution is 0.0302. The molecule has 3 fully saturated rings. The van der Waals surface area contributed by atoms with Crippen molar-refractivity contribution in [1.82, 2.24) is 14.7 Å². The fraction of sp³-hybridized carbons (Fsp3) is 0.500. The first-order valence-electron chi connectivity index (χ1n) is 12.9. The molecule has 6 nitrogen and oxygen atoms in total. The molecule has 0 unspecified atom stereocenters. The van der Waals surface area contributed by atoms with Gasteiger partial charge in [0.2, 0.25) is 0 Å². The molecule has 0 N–H and O–H groups in total. The third-order valence-electron chi connectivity index (χ3n) is 8.27. The van der Waals surface area contributed by atoms with E-state index in [-0.39, 0.29) is 11.8 Å². The minimum absolute atomic E-state index is 0.102. The number of morpholine rings is 1. The zero-order valence-electron chi connectivity index (χ0n) is 20.0. The number of ether oxygens (including phenoxy) is 1. The molecule has 1 atom stereocenters. The molecule has 1 aliphatic carbocycles. The maximum atomic E-state index is 15.1. The van der Waals surface area contributed by atoms with E-state index in [4.69, 9.17) is 4.74 Å². The van der Waals surface area contributed by atoms with Gasteiger partial charge in [0.05, 0.1) is 13.2 Å². The van der Waals surface area contributed by atoms with Gasteiger partial charge in [0.25, 0.3) is 11.8 Å². The number of fused-ring (bicyclic) bond motifs is 1. The molecule has 2 aromatic rings. The van der Waals surface area contributed by atoms with E-state index >= 15 is 4.39 Å². The van der Waals surface area contributed by atoms with E-state index in [2.05, 4.69) is 9.80 Å². The van der Waals surface area contributed by atoms with Crippen molar-refractivity contribution in [3.05, 3.63) is 58.9 Å². The number of hydrogen-bond acceptors (Lipinski definition) is 4. The van der Waals surface area contributed by atoms with Crippen LogP contribution in [0.4, 0.5) is 4.39 Å². The van der Waals surface area contributed by atoms with Gasteiger partial charge in [-0.25, -0.2) is 4.39 Å². The Morgan fingerprint density at radius 3 is 2.46 bits per heavy atom. The van der Waals surface area contributed by atoms with Crippen molar-refractivity contribution in [2.24, 2.45) is 0 Å². The van der Waals surface area contributed by atoms with E-state index in [9.17, 15) is 9.59 Å². The Hall–Kier alpha value is -2.77. The maximum absolute atomic E-state index is 15.1. The first-order valence-corrected chi connectivity index (χ1v) is 12.9. The van der Waals surface area contributed by atoms with Crippen LogP contribution in [0.1, 0.15) is 52.0 Å². The molecule has 3 aliphatic heterocycles. The lowest BCUT2D eigenvalue weighted by Crippen LogP contribution is -2.47. The van der Waals surface area contributed by atoms with Crippen LogP contribution in [0, 0.1) is 5.82 Å². The lowest BCUT2D eigenvalue weighted by Gasteiger charge is -2.37. The van der Waals surface area contributed by atoms with Crippen LogP contribution in [0.2, 0.25) is 0 Å². The van der Waals surface area contributed by atoms with Crippen molar-refractivity contribution < 1.29 is 18.7 Å². The highest BCUT2D eigenvalue weighted by Crippen LogP contribution is 2.33. The first kappa shape index (κ1) is 22.7. The number of hydrogen-bond donors (Lipinski definition) is 0. The van der Waals surface area contributed by atoms with Crippen LogP contribution in [0.3, 0.4) is 0 Å². The molecule has 4 aliphatic rings. The molecular formula is C28H32FN3O3. The number of benzene rings is 2. The highest BCUT2D eigenvalue weighted by molar-refractivity contribution is 5.98. The van der Waals surface area contributed by atoms with E-state index in [1.807, 2.05) is 18.2 Å². The zero-order valence-corrected chi connectivity index (χ0v) is 20.0. The van der Waals surface area contributed by atoms with Crippen LogP contribution < -0.4 is 0 Å². The number of carbonyl (C=O) groups is 2. The Morgan fingerprint density at radius 2 is 1.71 bits per heavy atom. The molecule has 1 saturated carbocycles. The summed E-state index contributed by atoms with van der Waals surface area (Å²) in [5.74, 6) is -0.488. The average Bonchev–Trinajstić information content (AvgIpc) is 3.32. The molecule has 2 amide bonds. The molecule has 0 aromatic heterocycles. The molecule has 7 heteroatoms. The number of nitrogens with zero attached hydrogens (tertiary/aromatic N) is 3. The van der Waals surface area contributed by atoms with Crippen LogP contribution in [0.5, 0.6) is 0 Å². The SMILES string of the molecule is O=C(c1ccc(-c2ccc3c(c2)CCN([C@@H]2CCN(C4CCC4)C2)C3=O)c(F)c1)N1CCOCC1. The molecule has 3 heterocycles. The third kappa shape index (κ3) is 4.25. The molecule has 184 valence electrons. The summed E-state index contributed by atoms with van der Waals surface area (Å²) in [6, 6.07) is 11.3. The second kappa shape index (κ2) is 9.36. The van der Waals surface area contributed by atoms with Gasteiger partial charge in [-0.1, -0.05) is 24.6 Å². The van der Waals surface area contributed by atoms with Gasteiger partial charge in [0.15, 0.2) is 0 Å². The Bertz CT molecular complexity index is 1140. The number of likely N-dealkylation sites (tertiary alicyclic amines) is 1. The number of halogens is 1. The summed E-state index contributed by atoms with van der Waals surface area (Å²) >= 11 is 0. The number of carbonyl (C=O) groups excluding carboxylic acids is 2. The normalized spacial score (nSPS) is 23.3. The van der Waals surface area contributed by atoms with Gasteiger partial charge in [-0.15, -0.1) is 0 Å². The molecular weight excluding hydrogens is 445 g/mol. The minimum Gasteiger partial charge on any atom is -0.378 e. The second-order valence-electron chi connectivity index (χ2n) is 10.2. The molecule has 0 spiro atoms. The van der Waals surface area contributed by atoms with Crippen LogP contribution in [0.15, 0.2) is 36.4 Å². The highest BCUT2D eigenvalue weighted by Gasteiger charge is 2.37. The predicted molar refractivity (Wildman–Crippen MR) is 131 cm³/mol. The van der Waals surface area contributed by atoms with Crippen molar-refractivity contribution in [2.75, 3.05) is 45.9 Å². The minimum atomic E-state index is -0.421. The fourth-order valence-electron chi connectivity index (χ4n) is 5.96. The van der Waals surface area contributed by atoms with E-state index in [1.165, 1.54) is 25.3 Å². The Morgan fingerprint density at radius 1 is 0.914 bits per heavy atom. The van der Waals surface area contributed by atoms with E-state index in [0.717, 1.165) is 48.7 Å². The highest BCUT2D eigenvalue weighted by atomic mass is 19.1.